The number of likely N-dealkylation sites (tertiary alicyclic amines) is 1. The van der Waals surface area contributed by atoms with Crippen LogP contribution in [-0.4, -0.2) is 53.9 Å². The van der Waals surface area contributed by atoms with Gasteiger partial charge < -0.3 is 4.90 Å². The van der Waals surface area contributed by atoms with Gasteiger partial charge in [-0.15, -0.1) is 0 Å². The van der Waals surface area contributed by atoms with Crippen LogP contribution in [0.3, 0.4) is 0 Å². The van der Waals surface area contributed by atoms with Crippen LogP contribution in [0.1, 0.15) is 28.9 Å². The van der Waals surface area contributed by atoms with Crippen LogP contribution in [0, 0.1) is 0 Å². The molecule has 7 heteroatoms. The Labute approximate surface area is 148 Å². The average molecular weight is 359 g/mol. The molecule has 0 spiro atoms. The van der Waals surface area contributed by atoms with Crippen LogP contribution >= 0.6 is 0 Å². The molecule has 25 heavy (non-hydrogen) atoms. The van der Waals surface area contributed by atoms with Crippen molar-refractivity contribution in [1.29, 1.82) is 0 Å². The van der Waals surface area contributed by atoms with Crippen molar-refractivity contribution in [3.8, 4) is 0 Å². The van der Waals surface area contributed by atoms with Crippen molar-refractivity contribution in [3.63, 3.8) is 0 Å². The number of hydrogen-bond acceptors (Lipinski definition) is 4. The summed E-state index contributed by atoms with van der Waals surface area (Å²) < 4.78 is 27.0. The molecular weight excluding hydrogens is 338 g/mol. The first-order valence-electron chi connectivity index (χ1n) is 8.12. The molecule has 0 N–H and O–H groups in total. The van der Waals surface area contributed by atoms with E-state index in [1.165, 1.54) is 4.31 Å². The van der Waals surface area contributed by atoms with E-state index in [1.54, 1.807) is 54.7 Å². The van der Waals surface area contributed by atoms with Gasteiger partial charge in [0, 0.05) is 44.1 Å². The number of benzene rings is 1. The van der Waals surface area contributed by atoms with Crippen molar-refractivity contribution < 1.29 is 13.2 Å². The Kier molecular flexibility index (Phi) is 4.87. The zero-order chi connectivity index (χ0) is 18.0. The van der Waals surface area contributed by atoms with Crippen LogP contribution in [0.15, 0.2) is 54.9 Å². The molecule has 3 rings (SSSR count). The van der Waals surface area contributed by atoms with Gasteiger partial charge in [-0.1, -0.05) is 24.3 Å². The fourth-order valence-corrected chi connectivity index (χ4v) is 4.61. The lowest BCUT2D eigenvalue weighted by atomic mass is 10.1. The summed E-state index contributed by atoms with van der Waals surface area (Å²) >= 11 is 0. The molecule has 0 saturated carbocycles. The number of sulfonamides is 1. The number of carbonyl (C=O) groups is 1. The van der Waals surface area contributed by atoms with E-state index in [4.69, 9.17) is 0 Å². The first-order chi connectivity index (χ1) is 11.9. The number of carbonyl (C=O) groups excluding carboxylic acids is 1. The maximum absolute atomic E-state index is 12.8. The number of hydrogen-bond donors (Lipinski definition) is 0. The smallest absolute Gasteiger partial charge is 0.253 e. The molecule has 1 fully saturated rings. The van der Waals surface area contributed by atoms with Crippen molar-refractivity contribution in [1.82, 2.24) is 14.2 Å². The summed E-state index contributed by atoms with van der Waals surface area (Å²) in [5.41, 5.74) is 1.42. The average Bonchev–Trinajstić information content (AvgIpc) is 2.60. The number of amides is 1. The van der Waals surface area contributed by atoms with Crippen molar-refractivity contribution in [2.45, 2.75) is 18.2 Å². The summed E-state index contributed by atoms with van der Waals surface area (Å²) in [5, 5.41) is -0.565. The van der Waals surface area contributed by atoms with Crippen LogP contribution in [0.4, 0.5) is 0 Å². The lowest BCUT2D eigenvalue weighted by molar-refractivity contribution is 0.0655. The molecule has 1 aromatic carbocycles. The number of nitrogens with zero attached hydrogens (tertiary/aromatic N) is 3. The Morgan fingerprint density at radius 2 is 1.88 bits per heavy atom. The summed E-state index contributed by atoms with van der Waals surface area (Å²) in [6.45, 7) is 2.28. The third-order valence-electron chi connectivity index (χ3n) is 4.69. The second kappa shape index (κ2) is 6.93. The number of aromatic nitrogens is 1. The summed E-state index contributed by atoms with van der Waals surface area (Å²) in [6.07, 6.45) is 3.33. The Morgan fingerprint density at radius 1 is 1.20 bits per heavy atom. The van der Waals surface area contributed by atoms with Gasteiger partial charge in [-0.25, -0.2) is 8.42 Å². The Bertz CT molecular complexity index is 834. The molecular formula is C18H21N3O3S. The minimum atomic E-state index is -3.49. The van der Waals surface area contributed by atoms with Crippen molar-refractivity contribution in [2.24, 2.45) is 0 Å². The van der Waals surface area contributed by atoms with Crippen molar-refractivity contribution in [3.05, 3.63) is 66.0 Å². The fraction of sp³-hybridized carbons (Fsp3) is 0.333. The Balaban J connectivity index is 1.66. The van der Waals surface area contributed by atoms with Crippen LogP contribution in [0.5, 0.6) is 0 Å². The van der Waals surface area contributed by atoms with Gasteiger partial charge in [0.2, 0.25) is 10.0 Å². The van der Waals surface area contributed by atoms with Crippen LogP contribution < -0.4 is 0 Å². The van der Waals surface area contributed by atoms with E-state index in [0.29, 0.717) is 5.56 Å². The van der Waals surface area contributed by atoms with Gasteiger partial charge in [0.05, 0.1) is 0 Å². The van der Waals surface area contributed by atoms with E-state index < -0.39 is 15.3 Å². The summed E-state index contributed by atoms with van der Waals surface area (Å²) in [5.74, 6) is -0.130. The highest BCUT2D eigenvalue weighted by Gasteiger charge is 2.43. The first kappa shape index (κ1) is 17.6. The maximum atomic E-state index is 12.8. The van der Waals surface area contributed by atoms with Gasteiger partial charge in [0.15, 0.2) is 0 Å². The molecule has 6 nitrogen and oxygen atoms in total. The highest BCUT2D eigenvalue weighted by atomic mass is 32.2. The van der Waals surface area contributed by atoms with Gasteiger partial charge in [0.25, 0.3) is 5.91 Å². The molecule has 0 aliphatic carbocycles. The number of pyridine rings is 1. The first-order valence-corrected chi connectivity index (χ1v) is 9.62. The van der Waals surface area contributed by atoms with Crippen molar-refractivity contribution >= 4 is 15.9 Å². The van der Waals surface area contributed by atoms with Gasteiger partial charge in [-0.3, -0.25) is 9.78 Å². The Morgan fingerprint density at radius 3 is 2.48 bits per heavy atom. The quantitative estimate of drug-likeness (QED) is 0.818. The number of rotatable bonds is 5. The van der Waals surface area contributed by atoms with Crippen molar-refractivity contribution in [2.75, 3.05) is 20.1 Å². The SMILES string of the molecule is C[C@H](c1cccnc1)N(C)S(=O)(=O)C1CN(C(=O)c2ccccc2)C1. The minimum Gasteiger partial charge on any atom is -0.336 e. The molecule has 132 valence electrons. The predicted octanol–water partition coefficient (Wildman–Crippen LogP) is 1.93. The van der Waals surface area contributed by atoms with E-state index in [9.17, 15) is 13.2 Å². The molecule has 1 saturated heterocycles. The topological polar surface area (TPSA) is 70.6 Å². The maximum Gasteiger partial charge on any atom is 0.253 e. The third-order valence-corrected chi connectivity index (χ3v) is 6.95. The standard InChI is InChI=1S/C18H21N3O3S/c1-14(16-9-6-10-19-11-16)20(2)25(23,24)17-12-21(13-17)18(22)15-7-4-3-5-8-15/h3-11,14,17H,12-13H2,1-2H3/t14-/m1/s1. The normalized spacial score (nSPS) is 16.5. The largest absolute Gasteiger partial charge is 0.336 e. The molecule has 0 radical (unpaired) electrons. The van der Waals surface area contributed by atoms with Gasteiger partial charge in [0.1, 0.15) is 5.25 Å². The van der Waals surface area contributed by atoms with Crippen LogP contribution in [0.2, 0.25) is 0 Å². The fourth-order valence-electron chi connectivity index (χ4n) is 2.84. The molecule has 0 unspecified atom stereocenters. The molecule has 1 aliphatic heterocycles. The Hall–Kier alpha value is -2.25. The summed E-state index contributed by atoms with van der Waals surface area (Å²) in [4.78, 5) is 17.9. The van der Waals surface area contributed by atoms with E-state index in [1.807, 2.05) is 19.1 Å². The molecule has 0 bridgehead atoms. The van der Waals surface area contributed by atoms with E-state index in [0.717, 1.165) is 5.56 Å². The zero-order valence-corrected chi connectivity index (χ0v) is 15.1. The highest BCUT2D eigenvalue weighted by molar-refractivity contribution is 7.89. The molecule has 2 heterocycles. The van der Waals surface area contributed by atoms with E-state index in [2.05, 4.69) is 4.98 Å². The van der Waals surface area contributed by atoms with Gasteiger partial charge in [-0.05, 0) is 30.7 Å². The summed E-state index contributed by atoms with van der Waals surface area (Å²) in [6, 6.07) is 12.2. The minimum absolute atomic E-state index is 0.130. The second-order valence-corrected chi connectivity index (χ2v) is 8.49. The third kappa shape index (κ3) is 3.43. The van der Waals surface area contributed by atoms with Gasteiger partial charge >= 0.3 is 0 Å². The molecule has 1 aromatic heterocycles. The predicted molar refractivity (Wildman–Crippen MR) is 95.5 cm³/mol. The molecule has 1 amide bonds. The lowest BCUT2D eigenvalue weighted by Gasteiger charge is -2.41. The lowest BCUT2D eigenvalue weighted by Crippen LogP contribution is -2.59. The monoisotopic (exact) mass is 359 g/mol. The highest BCUT2D eigenvalue weighted by Crippen LogP contribution is 2.27. The van der Waals surface area contributed by atoms with E-state index in [-0.39, 0.29) is 25.0 Å². The zero-order valence-electron chi connectivity index (χ0n) is 14.2. The second-order valence-electron chi connectivity index (χ2n) is 6.22. The molecule has 2 aromatic rings. The molecule has 1 aliphatic rings. The van der Waals surface area contributed by atoms with Crippen LogP contribution in [-0.2, 0) is 10.0 Å². The van der Waals surface area contributed by atoms with Crippen LogP contribution in [0.25, 0.3) is 0 Å². The van der Waals surface area contributed by atoms with E-state index >= 15 is 0 Å². The molecule has 1 atom stereocenters. The summed E-state index contributed by atoms with van der Waals surface area (Å²) in [7, 11) is -1.91. The van der Waals surface area contributed by atoms with Gasteiger partial charge in [-0.2, -0.15) is 4.31 Å².